The molecule has 1 N–H and O–H groups in total. The van der Waals surface area contributed by atoms with Crippen molar-refractivity contribution >= 4 is 22.7 Å². The molecule has 0 radical (unpaired) electrons. The number of hydrogen-bond acceptors (Lipinski definition) is 3. The highest BCUT2D eigenvalue weighted by Gasteiger charge is 2.32. The fraction of sp³-hybridized carbons (Fsp3) is 0.200. The van der Waals surface area contributed by atoms with Gasteiger partial charge in [-0.2, -0.15) is 0 Å². The van der Waals surface area contributed by atoms with Crippen LogP contribution in [0.2, 0.25) is 0 Å². The lowest BCUT2D eigenvalue weighted by Gasteiger charge is -2.24. The van der Waals surface area contributed by atoms with Crippen molar-refractivity contribution in [2.75, 3.05) is 0 Å². The number of amides is 1. The second kappa shape index (κ2) is 5.96. The Morgan fingerprint density at radius 2 is 1.58 bits per heavy atom. The van der Waals surface area contributed by atoms with Crippen molar-refractivity contribution in [1.29, 1.82) is 0 Å². The van der Waals surface area contributed by atoms with Crippen molar-refractivity contribution in [1.82, 2.24) is 5.32 Å². The Balaban J connectivity index is 1.87. The third-order valence-corrected chi connectivity index (χ3v) is 4.08. The van der Waals surface area contributed by atoms with Gasteiger partial charge in [-0.25, -0.2) is 0 Å². The molecule has 4 heteroatoms. The van der Waals surface area contributed by atoms with E-state index in [-0.39, 0.29) is 11.5 Å². The number of benzene rings is 2. The van der Waals surface area contributed by atoms with Crippen molar-refractivity contribution in [3.05, 3.63) is 71.5 Å². The summed E-state index contributed by atoms with van der Waals surface area (Å²) in [4.78, 5) is 25.3. The number of furan rings is 1. The minimum Gasteiger partial charge on any atom is -0.451 e. The minimum absolute atomic E-state index is 0.148. The van der Waals surface area contributed by atoms with Gasteiger partial charge in [0.15, 0.2) is 11.5 Å². The van der Waals surface area contributed by atoms with Crippen LogP contribution in [0.25, 0.3) is 11.0 Å². The highest BCUT2D eigenvalue weighted by molar-refractivity contribution is 6.07. The van der Waals surface area contributed by atoms with E-state index in [4.69, 9.17) is 4.42 Å². The van der Waals surface area contributed by atoms with Crippen LogP contribution in [0, 0.1) is 6.92 Å². The molecule has 0 unspecified atom stereocenters. The Morgan fingerprint density at radius 3 is 2.25 bits per heavy atom. The Hall–Kier alpha value is -2.88. The molecule has 0 saturated heterocycles. The van der Waals surface area contributed by atoms with Crippen LogP contribution >= 0.6 is 0 Å². The highest BCUT2D eigenvalue weighted by atomic mass is 16.3. The van der Waals surface area contributed by atoms with Crippen LogP contribution < -0.4 is 5.32 Å². The first kappa shape index (κ1) is 16.0. The Morgan fingerprint density at radius 1 is 0.958 bits per heavy atom. The first-order valence-corrected chi connectivity index (χ1v) is 7.80. The largest absolute Gasteiger partial charge is 0.451 e. The normalized spacial score (nSPS) is 11.5. The summed E-state index contributed by atoms with van der Waals surface area (Å²) in [5, 5.41) is 3.69. The summed E-state index contributed by atoms with van der Waals surface area (Å²) in [7, 11) is 0. The first-order chi connectivity index (χ1) is 11.4. The van der Waals surface area contributed by atoms with Gasteiger partial charge >= 0.3 is 0 Å². The number of carbonyl (C=O) groups excluding carboxylic acids is 2. The van der Waals surface area contributed by atoms with E-state index >= 15 is 0 Å². The molecule has 0 aliphatic heterocycles. The van der Waals surface area contributed by atoms with Crippen LogP contribution in [0.15, 0.2) is 59.0 Å². The molecule has 122 valence electrons. The smallest absolute Gasteiger partial charge is 0.288 e. The van der Waals surface area contributed by atoms with Crippen LogP contribution in [0.5, 0.6) is 0 Å². The molecule has 2 aromatic carbocycles. The number of nitrogens with one attached hydrogen (secondary N) is 1. The van der Waals surface area contributed by atoms with Crippen molar-refractivity contribution in [3.8, 4) is 0 Å². The summed E-state index contributed by atoms with van der Waals surface area (Å²) >= 11 is 0. The Bertz CT molecular complexity index is 907. The van der Waals surface area contributed by atoms with Gasteiger partial charge in [-0.3, -0.25) is 9.59 Å². The fourth-order valence-corrected chi connectivity index (χ4v) is 2.74. The van der Waals surface area contributed by atoms with Crippen molar-refractivity contribution in [3.63, 3.8) is 0 Å². The summed E-state index contributed by atoms with van der Waals surface area (Å²) in [6, 6.07) is 16.4. The maximum Gasteiger partial charge on any atom is 0.288 e. The predicted octanol–water partition coefficient (Wildman–Crippen LogP) is 4.13. The van der Waals surface area contributed by atoms with E-state index in [2.05, 4.69) is 5.32 Å². The third kappa shape index (κ3) is 2.83. The molecule has 0 bridgehead atoms. The third-order valence-electron chi connectivity index (χ3n) is 4.08. The van der Waals surface area contributed by atoms with E-state index < -0.39 is 11.4 Å². The number of fused-ring (bicyclic) bond motifs is 1. The van der Waals surface area contributed by atoms with E-state index in [0.29, 0.717) is 11.1 Å². The van der Waals surface area contributed by atoms with Crippen LogP contribution in [0.3, 0.4) is 0 Å². The molecule has 0 aliphatic rings. The molecule has 3 rings (SSSR count). The van der Waals surface area contributed by atoms with E-state index in [0.717, 1.165) is 10.9 Å². The molecule has 4 nitrogen and oxygen atoms in total. The van der Waals surface area contributed by atoms with Gasteiger partial charge in [0.2, 0.25) is 0 Å². The van der Waals surface area contributed by atoms with Crippen LogP contribution in [-0.2, 0) is 0 Å². The first-order valence-electron chi connectivity index (χ1n) is 7.80. The number of rotatable bonds is 4. The fourth-order valence-electron chi connectivity index (χ4n) is 2.74. The average Bonchev–Trinajstić information content (AvgIpc) is 2.92. The molecule has 0 fully saturated rings. The van der Waals surface area contributed by atoms with Gasteiger partial charge in [-0.05, 0) is 26.8 Å². The number of Topliss-reactive ketones (excluding diaryl/α,β-unsaturated/α-hetero) is 1. The molecular formula is C20H19NO3. The molecule has 1 amide bonds. The van der Waals surface area contributed by atoms with Gasteiger partial charge in [-0.1, -0.05) is 48.5 Å². The molecule has 24 heavy (non-hydrogen) atoms. The molecule has 0 spiro atoms. The van der Waals surface area contributed by atoms with Gasteiger partial charge in [0, 0.05) is 16.5 Å². The number of ketones is 1. The van der Waals surface area contributed by atoms with Crippen LogP contribution in [0.1, 0.15) is 40.3 Å². The van der Waals surface area contributed by atoms with E-state index in [9.17, 15) is 9.59 Å². The Labute approximate surface area is 140 Å². The van der Waals surface area contributed by atoms with E-state index in [1.54, 1.807) is 38.1 Å². The summed E-state index contributed by atoms with van der Waals surface area (Å²) in [5.74, 6) is -0.298. The van der Waals surface area contributed by atoms with Gasteiger partial charge in [0.1, 0.15) is 5.58 Å². The SMILES string of the molecule is Cc1c(C(=O)NC(C)(C)C(=O)c2ccccc2)oc2ccccc12. The zero-order chi connectivity index (χ0) is 17.3. The Kier molecular flexibility index (Phi) is 3.97. The lowest BCUT2D eigenvalue weighted by molar-refractivity contribution is 0.0784. The molecule has 1 heterocycles. The summed E-state index contributed by atoms with van der Waals surface area (Å²) in [5.41, 5.74) is 0.951. The zero-order valence-electron chi connectivity index (χ0n) is 13.9. The second-order valence-corrected chi connectivity index (χ2v) is 6.33. The monoisotopic (exact) mass is 321 g/mol. The van der Waals surface area contributed by atoms with Gasteiger partial charge in [0.25, 0.3) is 5.91 Å². The summed E-state index contributed by atoms with van der Waals surface area (Å²) < 4.78 is 5.67. The van der Waals surface area contributed by atoms with Gasteiger partial charge in [0.05, 0.1) is 5.54 Å². The molecule has 0 atom stereocenters. The minimum atomic E-state index is -1.04. The van der Waals surface area contributed by atoms with Crippen LogP contribution in [-0.4, -0.2) is 17.2 Å². The lowest BCUT2D eigenvalue weighted by Crippen LogP contribution is -2.49. The number of carbonyl (C=O) groups is 2. The number of para-hydroxylation sites is 1. The lowest BCUT2D eigenvalue weighted by atomic mass is 9.93. The summed E-state index contributed by atoms with van der Waals surface area (Å²) in [6.07, 6.45) is 0. The van der Waals surface area contributed by atoms with Crippen molar-refractivity contribution < 1.29 is 14.0 Å². The van der Waals surface area contributed by atoms with Gasteiger partial charge < -0.3 is 9.73 Å². The second-order valence-electron chi connectivity index (χ2n) is 6.33. The molecule has 1 aromatic heterocycles. The predicted molar refractivity (Wildman–Crippen MR) is 93.3 cm³/mol. The highest BCUT2D eigenvalue weighted by Crippen LogP contribution is 2.25. The molecule has 0 aliphatic carbocycles. The number of aryl methyl sites for hydroxylation is 1. The standard InChI is InChI=1S/C20H19NO3/c1-13-15-11-7-8-12-16(15)24-17(13)19(23)21-20(2,3)18(22)14-9-5-4-6-10-14/h4-12H,1-3H3,(H,21,23). The van der Waals surface area contributed by atoms with Crippen molar-refractivity contribution in [2.45, 2.75) is 26.3 Å². The number of hydrogen-bond donors (Lipinski definition) is 1. The van der Waals surface area contributed by atoms with E-state index in [1.807, 2.05) is 37.3 Å². The molecular weight excluding hydrogens is 302 g/mol. The summed E-state index contributed by atoms with van der Waals surface area (Å²) in [6.45, 7) is 5.23. The topological polar surface area (TPSA) is 59.3 Å². The van der Waals surface area contributed by atoms with Crippen LogP contribution in [0.4, 0.5) is 0 Å². The maximum atomic E-state index is 12.6. The average molecular weight is 321 g/mol. The maximum absolute atomic E-state index is 12.6. The molecule has 3 aromatic rings. The van der Waals surface area contributed by atoms with E-state index in [1.165, 1.54) is 0 Å². The van der Waals surface area contributed by atoms with Gasteiger partial charge in [-0.15, -0.1) is 0 Å². The van der Waals surface area contributed by atoms with Crippen molar-refractivity contribution in [2.24, 2.45) is 0 Å². The molecule has 0 saturated carbocycles. The quantitative estimate of drug-likeness (QED) is 0.735. The zero-order valence-corrected chi connectivity index (χ0v) is 13.9.